The van der Waals surface area contributed by atoms with Crippen LogP contribution in [-0.4, -0.2) is 29.6 Å². The Labute approximate surface area is 215 Å². The van der Waals surface area contributed by atoms with Gasteiger partial charge in [0.05, 0.1) is 27.5 Å². The summed E-state index contributed by atoms with van der Waals surface area (Å²) in [6, 6.07) is 13.2. The molecule has 1 atom stereocenters. The molecule has 3 aromatic carbocycles. The summed E-state index contributed by atoms with van der Waals surface area (Å²) in [6.45, 7) is -0.0683. The van der Waals surface area contributed by atoms with Gasteiger partial charge < -0.3 is 25.3 Å². The molecule has 3 aromatic rings. The van der Waals surface area contributed by atoms with Crippen LogP contribution in [0.15, 0.2) is 54.6 Å². The Morgan fingerprint density at radius 1 is 1.08 bits per heavy atom. The zero-order chi connectivity index (χ0) is 25.8. The SMILES string of the molecule is NC(=O)[C@H](Cc1ccc(Oc2c(Cl)cccc2Cl)cc1)NC(=O)Cc1cc2c(cc1[N+](=O)[O-])OCO2. The highest BCUT2D eigenvalue weighted by Gasteiger charge is 2.26. The Hall–Kier alpha value is -4.02. The molecule has 1 aliphatic heterocycles. The largest absolute Gasteiger partial charge is 0.454 e. The summed E-state index contributed by atoms with van der Waals surface area (Å²) in [5.74, 6) is -0.0712. The fraction of sp³-hybridized carbons (Fsp3) is 0.167. The van der Waals surface area contributed by atoms with Gasteiger partial charge in [-0.1, -0.05) is 41.4 Å². The van der Waals surface area contributed by atoms with Gasteiger partial charge in [-0.2, -0.15) is 0 Å². The Morgan fingerprint density at radius 3 is 2.33 bits per heavy atom. The Morgan fingerprint density at radius 2 is 1.72 bits per heavy atom. The highest BCUT2D eigenvalue weighted by Crippen LogP contribution is 2.38. The standard InChI is InChI=1S/C24H19Cl2N3O7/c25-16-2-1-3-17(26)23(16)36-15-6-4-13(5-7-15)8-18(24(27)31)28-22(30)10-14-9-20-21(35-12-34-20)11-19(14)29(32)33/h1-7,9,11,18H,8,10,12H2,(H2,27,31)(H,28,30)/t18-/m0/s1. The van der Waals surface area contributed by atoms with E-state index in [4.69, 9.17) is 43.1 Å². The maximum absolute atomic E-state index is 12.7. The number of fused-ring (bicyclic) bond motifs is 1. The topological polar surface area (TPSA) is 143 Å². The second-order valence-corrected chi connectivity index (χ2v) is 8.61. The van der Waals surface area contributed by atoms with Gasteiger partial charge in [0.1, 0.15) is 11.8 Å². The van der Waals surface area contributed by atoms with Crippen LogP contribution in [0.25, 0.3) is 0 Å². The summed E-state index contributed by atoms with van der Waals surface area (Å²) < 4.78 is 16.1. The van der Waals surface area contributed by atoms with Crippen molar-refractivity contribution in [3.8, 4) is 23.0 Å². The minimum Gasteiger partial charge on any atom is -0.454 e. The highest BCUT2D eigenvalue weighted by molar-refractivity contribution is 6.37. The van der Waals surface area contributed by atoms with Crippen molar-refractivity contribution in [1.29, 1.82) is 0 Å². The Kier molecular flexibility index (Phi) is 7.47. The van der Waals surface area contributed by atoms with Crippen molar-refractivity contribution in [2.75, 3.05) is 6.79 Å². The molecule has 186 valence electrons. The normalized spacial score (nSPS) is 12.6. The molecule has 0 fully saturated rings. The fourth-order valence-corrected chi connectivity index (χ4v) is 4.03. The highest BCUT2D eigenvalue weighted by atomic mass is 35.5. The number of hydrogen-bond donors (Lipinski definition) is 2. The number of benzene rings is 3. The molecule has 0 saturated heterocycles. The van der Waals surface area contributed by atoms with E-state index < -0.39 is 22.8 Å². The van der Waals surface area contributed by atoms with Gasteiger partial charge in [0.2, 0.25) is 18.6 Å². The van der Waals surface area contributed by atoms with E-state index in [1.165, 1.54) is 12.1 Å². The molecule has 0 saturated carbocycles. The lowest BCUT2D eigenvalue weighted by Crippen LogP contribution is -2.46. The summed E-state index contributed by atoms with van der Waals surface area (Å²) in [4.78, 5) is 35.5. The van der Waals surface area contributed by atoms with Crippen molar-refractivity contribution >= 4 is 40.7 Å². The molecule has 3 N–H and O–H groups in total. The third-order valence-corrected chi connectivity index (χ3v) is 5.90. The third kappa shape index (κ3) is 5.78. The minimum atomic E-state index is -1.05. The van der Waals surface area contributed by atoms with Crippen molar-refractivity contribution < 1.29 is 28.7 Å². The molecule has 0 radical (unpaired) electrons. The summed E-state index contributed by atoms with van der Waals surface area (Å²) in [5.41, 5.74) is 6.00. The molecular formula is C24H19Cl2N3O7. The number of rotatable bonds is 9. The molecule has 2 amide bonds. The molecule has 10 nitrogen and oxygen atoms in total. The number of hydrogen-bond acceptors (Lipinski definition) is 7. The van der Waals surface area contributed by atoms with Crippen LogP contribution in [0.5, 0.6) is 23.0 Å². The van der Waals surface area contributed by atoms with Gasteiger partial charge in [0.25, 0.3) is 5.69 Å². The first-order valence-corrected chi connectivity index (χ1v) is 11.3. The molecule has 0 aromatic heterocycles. The number of ether oxygens (including phenoxy) is 3. The van der Waals surface area contributed by atoms with Gasteiger partial charge in [-0.3, -0.25) is 19.7 Å². The van der Waals surface area contributed by atoms with Crippen molar-refractivity contribution in [2.24, 2.45) is 5.73 Å². The summed E-state index contributed by atoms with van der Waals surface area (Å²) >= 11 is 12.2. The number of carbonyl (C=O) groups is 2. The van der Waals surface area contributed by atoms with E-state index in [-0.39, 0.29) is 36.6 Å². The molecular weight excluding hydrogens is 513 g/mol. The monoisotopic (exact) mass is 531 g/mol. The number of nitro benzene ring substituents is 1. The zero-order valence-corrected chi connectivity index (χ0v) is 20.0. The molecule has 36 heavy (non-hydrogen) atoms. The smallest absolute Gasteiger partial charge is 0.277 e. The van der Waals surface area contributed by atoms with Crippen molar-refractivity contribution in [2.45, 2.75) is 18.9 Å². The average molecular weight is 532 g/mol. The van der Waals surface area contributed by atoms with E-state index in [1.54, 1.807) is 42.5 Å². The second kappa shape index (κ2) is 10.7. The van der Waals surface area contributed by atoms with Crippen LogP contribution in [0.1, 0.15) is 11.1 Å². The summed E-state index contributed by atoms with van der Waals surface area (Å²) in [7, 11) is 0. The molecule has 4 rings (SSSR count). The van der Waals surface area contributed by atoms with E-state index >= 15 is 0 Å². The van der Waals surface area contributed by atoms with E-state index in [9.17, 15) is 19.7 Å². The van der Waals surface area contributed by atoms with Gasteiger partial charge in [0, 0.05) is 12.0 Å². The number of halogens is 2. The maximum Gasteiger partial charge on any atom is 0.277 e. The number of primary amides is 1. The number of para-hydroxylation sites is 1. The van der Waals surface area contributed by atoms with E-state index in [0.717, 1.165) is 0 Å². The van der Waals surface area contributed by atoms with Crippen LogP contribution in [0.3, 0.4) is 0 Å². The fourth-order valence-electron chi connectivity index (χ4n) is 3.55. The lowest BCUT2D eigenvalue weighted by atomic mass is 10.0. The van der Waals surface area contributed by atoms with Crippen LogP contribution >= 0.6 is 23.2 Å². The first-order chi connectivity index (χ1) is 17.2. The second-order valence-electron chi connectivity index (χ2n) is 7.79. The molecule has 1 heterocycles. The van der Waals surface area contributed by atoms with Crippen LogP contribution in [-0.2, 0) is 22.4 Å². The number of amides is 2. The maximum atomic E-state index is 12.7. The molecule has 1 aliphatic rings. The molecule has 12 heteroatoms. The van der Waals surface area contributed by atoms with Crippen LogP contribution in [0.4, 0.5) is 5.69 Å². The Bertz CT molecular complexity index is 1310. The minimum absolute atomic E-state index is 0.0683. The predicted octanol–water partition coefficient (Wildman–Crippen LogP) is 4.18. The van der Waals surface area contributed by atoms with Crippen molar-refractivity contribution in [1.82, 2.24) is 5.32 Å². The van der Waals surface area contributed by atoms with E-state index in [2.05, 4.69) is 5.32 Å². The van der Waals surface area contributed by atoms with Crippen LogP contribution in [0, 0.1) is 10.1 Å². The summed E-state index contributed by atoms with van der Waals surface area (Å²) in [5, 5.41) is 14.7. The molecule has 0 spiro atoms. The third-order valence-electron chi connectivity index (χ3n) is 5.30. The van der Waals surface area contributed by atoms with E-state index in [1.807, 2.05) is 0 Å². The van der Waals surface area contributed by atoms with Gasteiger partial charge in [-0.25, -0.2) is 0 Å². The number of carbonyl (C=O) groups excluding carboxylic acids is 2. The molecule has 0 unspecified atom stereocenters. The summed E-state index contributed by atoms with van der Waals surface area (Å²) in [6.07, 6.45) is -0.264. The number of nitrogens with one attached hydrogen (secondary N) is 1. The van der Waals surface area contributed by atoms with Gasteiger partial charge in [-0.15, -0.1) is 0 Å². The van der Waals surface area contributed by atoms with Crippen molar-refractivity contribution in [3.63, 3.8) is 0 Å². The molecule has 0 aliphatic carbocycles. The average Bonchev–Trinajstić information content (AvgIpc) is 3.29. The number of nitrogens with zero attached hydrogens (tertiary/aromatic N) is 1. The predicted molar refractivity (Wildman–Crippen MR) is 131 cm³/mol. The lowest BCUT2D eigenvalue weighted by molar-refractivity contribution is -0.385. The van der Waals surface area contributed by atoms with Crippen LogP contribution in [0.2, 0.25) is 10.0 Å². The van der Waals surface area contributed by atoms with Crippen LogP contribution < -0.4 is 25.3 Å². The quantitative estimate of drug-likeness (QED) is 0.311. The first-order valence-electron chi connectivity index (χ1n) is 10.6. The number of nitrogens with two attached hydrogens (primary N) is 1. The number of nitro groups is 1. The van der Waals surface area contributed by atoms with Crippen molar-refractivity contribution in [3.05, 3.63) is 85.9 Å². The lowest BCUT2D eigenvalue weighted by Gasteiger charge is -2.16. The first kappa shape index (κ1) is 25.1. The van der Waals surface area contributed by atoms with E-state index in [0.29, 0.717) is 32.9 Å². The molecule has 0 bridgehead atoms. The van der Waals surface area contributed by atoms with Gasteiger partial charge in [-0.05, 0) is 35.9 Å². The zero-order valence-electron chi connectivity index (χ0n) is 18.5. The van der Waals surface area contributed by atoms with Gasteiger partial charge in [0.15, 0.2) is 17.2 Å². The van der Waals surface area contributed by atoms with Gasteiger partial charge >= 0.3 is 0 Å². The Balaban J connectivity index is 1.42.